The molecule has 11 rings (SSSR count). The van der Waals surface area contributed by atoms with Crippen molar-refractivity contribution in [1.82, 2.24) is 66.0 Å². The molecule has 10 fully saturated rings. The lowest BCUT2D eigenvalue weighted by Gasteiger charge is -2.42. The Bertz CT molecular complexity index is 2740. The number of hydrogen-bond donors (Lipinski definition) is 18. The minimum absolute atomic E-state index is 0.0713. The van der Waals surface area contributed by atoms with Gasteiger partial charge < -0.3 is 122 Å². The second-order valence-electron chi connectivity index (χ2n) is 43.3. The molecule has 0 radical (unpaired) electrons. The van der Waals surface area contributed by atoms with Gasteiger partial charge in [-0.2, -0.15) is 0 Å². The molecule has 26 nitrogen and oxygen atoms in total. The fourth-order valence-corrected chi connectivity index (χ4v) is 20.0. The number of likely N-dealkylation sites (tertiary alicyclic amines) is 2. The molecule has 2 aliphatic heterocycles. The van der Waals surface area contributed by atoms with Crippen molar-refractivity contribution in [3.8, 4) is 0 Å². The highest BCUT2D eigenvalue weighted by atomic mass is 16.5. The fourth-order valence-electron chi connectivity index (χ4n) is 20.0. The third-order valence-corrected chi connectivity index (χ3v) is 31.0. The number of aromatic nitrogens is 2. The van der Waals surface area contributed by atoms with Crippen molar-refractivity contribution in [1.29, 1.82) is 0 Å². The zero-order valence-electron chi connectivity index (χ0n) is 84.9. The largest absolute Gasteiger partial charge is 0.395 e. The van der Waals surface area contributed by atoms with E-state index < -0.39 is 51.0 Å². The van der Waals surface area contributed by atoms with Crippen LogP contribution in [0.4, 0.5) is 0 Å². The smallest absolute Gasteiger partial charge is 0.116 e. The van der Waals surface area contributed by atoms with E-state index in [-0.39, 0.29) is 19.8 Å². The van der Waals surface area contributed by atoms with E-state index in [9.17, 15) is 40.9 Å². The highest BCUT2D eigenvalue weighted by Gasteiger charge is 2.39. The molecule has 8 aliphatic carbocycles. The van der Waals surface area contributed by atoms with E-state index in [1.54, 1.807) is 6.20 Å². The molecule has 1 aromatic rings. The van der Waals surface area contributed by atoms with Gasteiger partial charge in [0.1, 0.15) is 5.72 Å². The lowest BCUT2D eigenvalue weighted by molar-refractivity contribution is -0.0567. The van der Waals surface area contributed by atoms with Crippen LogP contribution in [0, 0.1) is 47.3 Å². The van der Waals surface area contributed by atoms with E-state index in [1.807, 2.05) is 17.1 Å². The Balaban J connectivity index is 0.000000308. The molecule has 758 valence electrons. The molecule has 0 unspecified atom stereocenters. The first-order valence-electron chi connectivity index (χ1n) is 52.7. The van der Waals surface area contributed by atoms with Crippen LogP contribution in [0.5, 0.6) is 0 Å². The Labute approximate surface area is 782 Å². The highest BCUT2D eigenvalue weighted by Crippen LogP contribution is 2.38. The van der Waals surface area contributed by atoms with Gasteiger partial charge in [0, 0.05) is 110 Å². The van der Waals surface area contributed by atoms with E-state index in [2.05, 4.69) is 159 Å². The molecule has 10 aliphatic rings. The van der Waals surface area contributed by atoms with Crippen molar-refractivity contribution in [2.24, 2.45) is 53.1 Å². The second kappa shape index (κ2) is 65.2. The van der Waals surface area contributed by atoms with Crippen LogP contribution in [0.2, 0.25) is 0 Å². The molecule has 0 amide bonds. The number of piperidine rings is 2. The molecule has 2 saturated heterocycles. The standard InChI is InChI=1S/2C15H30N2O.C15H32N2O.C14H30N2O.C13H23N3O.C12H25NO3.C10H21NO3.C8H17NO/c1-13-4-8-15(18,9-5-13)12-17(3)14-6-10-16(2)11-7-14;1-14-5-7-15(18,8-6-14)13-16-9-12-17-10-3-2-4-11-17;1-4-17(5-2)12-6-11-16-13-15(18)9-7-14(3)8-10-15;1-4-16(5-2)11-10-15-12-14(17)8-6-13(3)7-9-14;1-12-2-4-13(17,5-3-12)10-14-6-8-16-9-7-15-11-16;1-11-2-4-12(15,5-3-11)10-13-6-8-16-9-7-14;1-8-2-4-10(14,5-3-8)11-9(6-12)7-13;1-7-2-4-8(10,6-9)5-3-7/h13-14,18H,4-12H2,1-3H3;14,16,18H,2-13H2,1H3;14,16,18H,4-13H2,1-3H3;13,15,17H,4-12H2,1-3H3;7,9,11-12,14,17H,2-6,8,10H2,1H3;11,13-15H,2-10H2,1H3;8-9,11-14H,2-7H2,1H3;7,10H,2-6,9H2,1H3. The average molecular weight is 1820 g/mol. The second-order valence-corrected chi connectivity index (χ2v) is 43.3. The summed E-state index contributed by atoms with van der Waals surface area (Å²) in [6, 6.07) is 0.262. The molecule has 19 N–H and O–H groups in total. The number of aliphatic hydroxyl groups is 11. The molecule has 0 aromatic carbocycles. The van der Waals surface area contributed by atoms with Crippen LogP contribution >= 0.6 is 0 Å². The summed E-state index contributed by atoms with van der Waals surface area (Å²) in [4.78, 5) is 16.2. The Morgan fingerprint density at radius 2 is 0.758 bits per heavy atom. The fraction of sp³-hybridized carbons (Fsp3) is 0.971. The number of ether oxygens (including phenoxy) is 1. The van der Waals surface area contributed by atoms with Crippen LogP contribution in [0.3, 0.4) is 0 Å². The van der Waals surface area contributed by atoms with Gasteiger partial charge in [0.2, 0.25) is 0 Å². The maximum absolute atomic E-state index is 10.7. The summed E-state index contributed by atoms with van der Waals surface area (Å²) in [5.74, 6) is 6.19. The van der Waals surface area contributed by atoms with Crippen LogP contribution in [-0.2, 0) is 11.3 Å². The Kier molecular flexibility index (Phi) is 60.4. The SMILES string of the molecule is CC1CCC(O)(CN(C)C2CCN(C)CC2)CC1.CC1CCC(O)(CN)CC1.CC1CCC(O)(CNCCN2CCCCC2)CC1.CC1CCC(O)(CNCCOCCO)CC1.CC1CCC(O)(CNCCn2ccnc2)CC1.CC1CCC(O)(NC(CO)CO)CC1.CCN(CC)CCCNCC1(O)CCC(C)CC1.CCN(CC)CCNCC1(O)CCC(C)CC1. The van der Waals surface area contributed by atoms with Gasteiger partial charge in [-0.05, 0) is 364 Å². The Morgan fingerprint density at radius 3 is 1.12 bits per heavy atom. The van der Waals surface area contributed by atoms with Gasteiger partial charge in [-0.3, -0.25) is 5.32 Å². The number of nitrogens with two attached hydrogens (primary N) is 1. The minimum Gasteiger partial charge on any atom is -0.395 e. The predicted octanol–water partition coefficient (Wildman–Crippen LogP) is 10.7. The van der Waals surface area contributed by atoms with Gasteiger partial charge in [0.25, 0.3) is 0 Å². The van der Waals surface area contributed by atoms with E-state index >= 15 is 0 Å². The summed E-state index contributed by atoms with van der Waals surface area (Å²) < 4.78 is 7.17. The van der Waals surface area contributed by atoms with Crippen LogP contribution in [0.15, 0.2) is 18.7 Å². The van der Waals surface area contributed by atoms with Gasteiger partial charge in [-0.1, -0.05) is 89.5 Å². The first-order valence-corrected chi connectivity index (χ1v) is 52.7. The number of nitrogens with one attached hydrogen (secondary N) is 6. The molecule has 0 spiro atoms. The van der Waals surface area contributed by atoms with Crippen molar-refractivity contribution < 1.29 is 60.9 Å². The van der Waals surface area contributed by atoms with Crippen LogP contribution < -0.4 is 37.6 Å². The quantitative estimate of drug-likeness (QED) is 0.0214. The van der Waals surface area contributed by atoms with E-state index in [0.717, 1.165) is 294 Å². The van der Waals surface area contributed by atoms with Crippen molar-refractivity contribution in [3.05, 3.63) is 18.7 Å². The topological polar surface area (TPSA) is 364 Å². The number of aliphatic hydroxyl groups excluding tert-OH is 3. The molecule has 8 saturated carbocycles. The molecule has 0 atom stereocenters. The molecular weight excluding hydrogens is 1610 g/mol. The normalized spacial score (nSPS) is 32.6. The van der Waals surface area contributed by atoms with Crippen molar-refractivity contribution in [3.63, 3.8) is 0 Å². The summed E-state index contributed by atoms with van der Waals surface area (Å²) in [5, 5.41) is 128. The molecule has 3 heterocycles. The monoisotopic (exact) mass is 1820 g/mol. The van der Waals surface area contributed by atoms with Crippen molar-refractivity contribution in [2.45, 2.75) is 391 Å². The van der Waals surface area contributed by atoms with E-state index in [4.69, 9.17) is 25.8 Å². The van der Waals surface area contributed by atoms with Crippen molar-refractivity contribution in [2.75, 3.05) is 198 Å². The van der Waals surface area contributed by atoms with E-state index in [1.165, 1.54) is 116 Å². The summed E-state index contributed by atoms with van der Waals surface area (Å²) in [6.07, 6.45) is 46.3. The lowest BCUT2D eigenvalue weighted by atomic mass is 9.79. The van der Waals surface area contributed by atoms with Crippen LogP contribution in [0.1, 0.15) is 327 Å². The summed E-state index contributed by atoms with van der Waals surface area (Å²) in [7, 11) is 4.40. The molecule has 0 bridgehead atoms. The van der Waals surface area contributed by atoms with Gasteiger partial charge in [0.05, 0.1) is 84.6 Å². The van der Waals surface area contributed by atoms with Gasteiger partial charge >= 0.3 is 0 Å². The lowest BCUT2D eigenvalue weighted by Crippen LogP contribution is -2.54. The zero-order chi connectivity index (χ0) is 94.4. The zero-order valence-corrected chi connectivity index (χ0v) is 84.9. The third kappa shape index (κ3) is 52.1. The molecule has 1 aromatic heterocycles. The first kappa shape index (κ1) is 119. The number of hydrogen-bond acceptors (Lipinski definition) is 25. The van der Waals surface area contributed by atoms with Gasteiger partial charge in [-0.25, -0.2) is 4.98 Å². The summed E-state index contributed by atoms with van der Waals surface area (Å²) >= 11 is 0. The highest BCUT2D eigenvalue weighted by molar-refractivity contribution is 4.94. The number of imidazole rings is 1. The third-order valence-electron chi connectivity index (χ3n) is 31.0. The predicted molar refractivity (Wildman–Crippen MR) is 529 cm³/mol. The van der Waals surface area contributed by atoms with Crippen LogP contribution in [0.25, 0.3) is 0 Å². The van der Waals surface area contributed by atoms with Gasteiger partial charge in [0.15, 0.2) is 0 Å². The van der Waals surface area contributed by atoms with Crippen molar-refractivity contribution >= 4 is 0 Å². The van der Waals surface area contributed by atoms with Gasteiger partial charge in [-0.15, -0.1) is 0 Å². The Morgan fingerprint density at radius 1 is 0.414 bits per heavy atom. The summed E-state index contributed by atoms with van der Waals surface area (Å²) in [6.45, 7) is 51.0. The average Bonchev–Trinajstić information content (AvgIpc) is 0.912. The Hall–Kier alpha value is -1.75. The minimum atomic E-state index is -0.886. The molecular formula is C102H208N14O12. The number of nitrogens with zero attached hydrogens (tertiary/aromatic N) is 7. The number of rotatable bonds is 40. The number of likely N-dealkylation sites (N-methyl/N-ethyl adjacent to an activating group) is 2. The maximum atomic E-state index is 10.7. The summed E-state index contributed by atoms with van der Waals surface area (Å²) in [5.41, 5.74) is 1.35. The van der Waals surface area contributed by atoms with E-state index in [0.29, 0.717) is 57.6 Å². The van der Waals surface area contributed by atoms with Crippen LogP contribution in [-0.4, -0.2) is 345 Å². The maximum Gasteiger partial charge on any atom is 0.116 e. The molecule has 128 heavy (non-hydrogen) atoms. The first-order chi connectivity index (χ1) is 60.9. The molecule has 26 heteroatoms.